The van der Waals surface area contributed by atoms with Crippen LogP contribution in [-0.2, 0) is 0 Å². The maximum atomic E-state index is 8.54. The zero-order valence-corrected chi connectivity index (χ0v) is 17.1. The molecular weight excluding hydrogens is 366 g/mol. The van der Waals surface area contributed by atoms with Gasteiger partial charge in [0.25, 0.3) is 0 Å². The fourth-order valence-corrected chi connectivity index (χ4v) is 4.54. The highest BCUT2D eigenvalue weighted by Crippen LogP contribution is 2.34. The fourth-order valence-electron chi connectivity index (χ4n) is 3.67. The quantitative estimate of drug-likeness (QED) is 0.534. The Labute approximate surface area is 169 Å². The number of likely N-dealkylation sites (N-methyl/N-ethyl adjacent to an activating group) is 1. The molecule has 4 N–H and O–H groups in total. The maximum Gasteiger partial charge on any atom is 0.189 e. The Morgan fingerprint density at radius 1 is 1.39 bits per heavy atom. The van der Waals surface area contributed by atoms with Crippen LogP contribution in [0.3, 0.4) is 0 Å². The van der Waals surface area contributed by atoms with Gasteiger partial charge < -0.3 is 16.0 Å². The van der Waals surface area contributed by atoms with Crippen molar-refractivity contribution in [3.05, 3.63) is 70.5 Å². The van der Waals surface area contributed by atoms with Crippen molar-refractivity contribution >= 4 is 32.5 Å². The molecule has 1 aromatic heterocycles. The van der Waals surface area contributed by atoms with Crippen LogP contribution in [0.5, 0.6) is 0 Å². The second-order valence-electron chi connectivity index (χ2n) is 7.51. The van der Waals surface area contributed by atoms with E-state index in [-0.39, 0.29) is 0 Å². The molecule has 144 valence electrons. The van der Waals surface area contributed by atoms with E-state index >= 15 is 0 Å². The molecule has 1 saturated heterocycles. The highest BCUT2D eigenvalue weighted by Gasteiger charge is 2.24. The van der Waals surface area contributed by atoms with E-state index in [2.05, 4.69) is 41.8 Å². The topological polar surface area (TPSA) is 78.0 Å². The zero-order valence-electron chi connectivity index (χ0n) is 16.3. The van der Waals surface area contributed by atoms with Crippen molar-refractivity contribution in [3.8, 4) is 0 Å². The molecule has 2 heterocycles. The number of nitrogens with two attached hydrogens (primary N) is 1. The predicted octanol–water partition coefficient (Wildman–Crippen LogP) is 4.44. The summed E-state index contributed by atoms with van der Waals surface area (Å²) in [4.78, 5) is 6.85. The number of hydrogen-bond acceptors (Lipinski definition) is 5. The van der Waals surface area contributed by atoms with Gasteiger partial charge in [0.2, 0.25) is 0 Å². The van der Waals surface area contributed by atoms with Gasteiger partial charge in [-0.25, -0.2) is 4.98 Å². The van der Waals surface area contributed by atoms with Crippen molar-refractivity contribution in [3.63, 3.8) is 0 Å². The Morgan fingerprint density at radius 3 is 2.96 bits per heavy atom. The van der Waals surface area contributed by atoms with Crippen molar-refractivity contribution in [1.29, 1.82) is 5.41 Å². The first-order valence-electron chi connectivity index (χ1n) is 9.40. The van der Waals surface area contributed by atoms with Crippen LogP contribution in [0, 0.1) is 5.41 Å². The number of para-hydroxylation sites is 1. The van der Waals surface area contributed by atoms with E-state index in [9.17, 15) is 0 Å². The van der Waals surface area contributed by atoms with Gasteiger partial charge in [-0.2, -0.15) is 0 Å². The summed E-state index contributed by atoms with van der Waals surface area (Å²) in [6, 6.07) is 7.98. The molecule has 0 amide bonds. The number of fused-ring (bicyclic) bond motifs is 1. The number of piperidine rings is 1. The third kappa shape index (κ3) is 3.53. The van der Waals surface area contributed by atoms with Crippen LogP contribution in [0.4, 0.5) is 5.13 Å². The molecular formula is C22H25N5S. The van der Waals surface area contributed by atoms with Gasteiger partial charge in [0, 0.05) is 24.4 Å². The molecule has 1 aliphatic carbocycles. The van der Waals surface area contributed by atoms with E-state index in [1.54, 1.807) is 11.3 Å². The smallest absolute Gasteiger partial charge is 0.189 e. The van der Waals surface area contributed by atoms with Crippen LogP contribution in [0.2, 0.25) is 0 Å². The molecule has 0 unspecified atom stereocenters. The lowest BCUT2D eigenvalue weighted by molar-refractivity contribution is 0.348. The number of likely N-dealkylation sites (tertiary alicyclic amines) is 1. The number of nitrogens with zero attached hydrogens (tertiary/aromatic N) is 2. The van der Waals surface area contributed by atoms with E-state index in [0.717, 1.165) is 46.0 Å². The highest BCUT2D eigenvalue weighted by molar-refractivity contribution is 7.22. The second-order valence-corrected chi connectivity index (χ2v) is 8.54. The van der Waals surface area contributed by atoms with E-state index in [1.807, 2.05) is 24.3 Å². The summed E-state index contributed by atoms with van der Waals surface area (Å²) >= 11 is 1.55. The van der Waals surface area contributed by atoms with E-state index in [0.29, 0.717) is 18.0 Å². The highest BCUT2D eigenvalue weighted by atomic mass is 32.1. The molecule has 0 spiro atoms. The number of nitrogens with one attached hydrogen (secondary N) is 2. The second kappa shape index (κ2) is 7.37. The Morgan fingerprint density at radius 2 is 2.18 bits per heavy atom. The van der Waals surface area contributed by atoms with Crippen LogP contribution >= 0.6 is 11.3 Å². The first kappa shape index (κ1) is 18.7. The van der Waals surface area contributed by atoms with Gasteiger partial charge in [-0.15, -0.1) is 0 Å². The summed E-state index contributed by atoms with van der Waals surface area (Å²) < 4.78 is 1.10. The van der Waals surface area contributed by atoms with Gasteiger partial charge in [0.05, 0.1) is 10.2 Å². The monoisotopic (exact) mass is 391 g/mol. The van der Waals surface area contributed by atoms with Crippen LogP contribution in [0.15, 0.2) is 70.5 Å². The minimum atomic E-state index is 0.323. The van der Waals surface area contributed by atoms with Crippen molar-refractivity contribution in [2.75, 3.05) is 25.5 Å². The fraction of sp³-hybridized carbons (Fsp3) is 0.273. The first-order chi connectivity index (χ1) is 13.4. The van der Waals surface area contributed by atoms with Crippen LogP contribution < -0.4 is 11.1 Å². The zero-order chi connectivity index (χ0) is 19.8. The van der Waals surface area contributed by atoms with Crippen LogP contribution in [-0.4, -0.2) is 35.9 Å². The van der Waals surface area contributed by atoms with Crippen molar-refractivity contribution in [1.82, 2.24) is 9.88 Å². The largest absolute Gasteiger partial charge is 0.398 e. The first-order valence-corrected chi connectivity index (χ1v) is 10.2. The molecule has 28 heavy (non-hydrogen) atoms. The summed E-state index contributed by atoms with van der Waals surface area (Å²) in [6.45, 7) is 8.24. The molecule has 0 radical (unpaired) electrons. The molecule has 0 atom stereocenters. The SMILES string of the molecule is C=C1CCN(C)C/C1=C/C1=C(C)CC(C(=N)Nc2nc3ccccc3s2)=C1N. The standard InChI is InChI=1S/C22H25N5S/c1-13-8-9-27(3)12-15(13)11-16-14(2)10-17(20(16)23)21(24)26-22-25-18-6-4-5-7-19(18)28-22/h4-7,11H,1,8-10,12,23H2,2-3H3,(H2,24,25,26)/b15-11-. The Bertz CT molecular complexity index is 1040. The lowest BCUT2D eigenvalue weighted by Crippen LogP contribution is -2.28. The molecule has 5 nitrogen and oxygen atoms in total. The van der Waals surface area contributed by atoms with Crippen molar-refractivity contribution in [2.24, 2.45) is 5.73 Å². The number of amidine groups is 1. The van der Waals surface area contributed by atoms with Gasteiger partial charge in [-0.1, -0.05) is 35.6 Å². The molecule has 2 aromatic rings. The van der Waals surface area contributed by atoms with Gasteiger partial charge in [0.15, 0.2) is 5.13 Å². The van der Waals surface area contributed by atoms with Crippen molar-refractivity contribution < 1.29 is 0 Å². The minimum absolute atomic E-state index is 0.323. The molecule has 0 saturated carbocycles. The molecule has 6 heteroatoms. The summed E-state index contributed by atoms with van der Waals surface area (Å²) in [5.41, 5.74) is 13.6. The third-order valence-electron chi connectivity index (χ3n) is 5.35. The number of allylic oxidation sites excluding steroid dienone is 2. The van der Waals surface area contributed by atoms with Crippen LogP contribution in [0.25, 0.3) is 10.2 Å². The van der Waals surface area contributed by atoms with Gasteiger partial charge in [0.1, 0.15) is 5.84 Å². The molecule has 1 fully saturated rings. The Kier molecular flexibility index (Phi) is 4.91. The number of anilines is 1. The van der Waals surface area contributed by atoms with E-state index in [1.165, 1.54) is 16.7 Å². The molecule has 4 rings (SSSR count). The lowest BCUT2D eigenvalue weighted by Gasteiger charge is -2.26. The van der Waals surface area contributed by atoms with E-state index in [4.69, 9.17) is 11.1 Å². The number of aromatic nitrogens is 1. The average Bonchev–Trinajstić information content (AvgIpc) is 3.19. The summed E-state index contributed by atoms with van der Waals surface area (Å²) in [5, 5.41) is 12.4. The summed E-state index contributed by atoms with van der Waals surface area (Å²) in [7, 11) is 2.12. The predicted molar refractivity (Wildman–Crippen MR) is 119 cm³/mol. The maximum absolute atomic E-state index is 8.54. The third-order valence-corrected chi connectivity index (χ3v) is 6.30. The summed E-state index contributed by atoms with van der Waals surface area (Å²) in [5.74, 6) is 0.323. The number of rotatable bonds is 3. The Hall–Kier alpha value is -2.70. The van der Waals surface area contributed by atoms with Gasteiger partial charge in [-0.05, 0) is 61.7 Å². The summed E-state index contributed by atoms with van der Waals surface area (Å²) in [6.07, 6.45) is 3.84. The molecule has 1 aromatic carbocycles. The minimum Gasteiger partial charge on any atom is -0.398 e. The average molecular weight is 392 g/mol. The van der Waals surface area contributed by atoms with Gasteiger partial charge in [-0.3, -0.25) is 5.41 Å². The number of benzene rings is 1. The molecule has 0 bridgehead atoms. The Balaban J connectivity index is 1.56. The number of thiazole rings is 1. The number of hydrogen-bond donors (Lipinski definition) is 3. The van der Waals surface area contributed by atoms with Crippen LogP contribution in [0.1, 0.15) is 19.8 Å². The lowest BCUT2D eigenvalue weighted by atomic mass is 9.96. The van der Waals surface area contributed by atoms with Crippen molar-refractivity contribution in [2.45, 2.75) is 19.8 Å². The molecule has 1 aliphatic heterocycles. The van der Waals surface area contributed by atoms with Gasteiger partial charge >= 0.3 is 0 Å². The normalized spacial score (nSPS) is 19.9. The molecule has 2 aliphatic rings. The van der Waals surface area contributed by atoms with E-state index < -0.39 is 0 Å².